The first kappa shape index (κ1) is 7.13. The lowest BCUT2D eigenvalue weighted by Crippen LogP contribution is -1.99. The summed E-state index contributed by atoms with van der Waals surface area (Å²) in [5, 5.41) is 10.2. The molecule has 1 aliphatic carbocycles. The molecule has 2 heteroatoms. The molecule has 1 saturated carbocycles. The van der Waals surface area contributed by atoms with Gasteiger partial charge in [0, 0.05) is 11.2 Å². The normalized spacial score (nSPS) is 19.6. The van der Waals surface area contributed by atoms with Crippen LogP contribution in [0.3, 0.4) is 0 Å². The molecule has 1 fully saturated rings. The topological polar surface area (TPSA) is 20.2 Å². The van der Waals surface area contributed by atoms with E-state index < -0.39 is 0 Å². The minimum absolute atomic E-state index is 0.308. The van der Waals surface area contributed by atoms with Crippen molar-refractivity contribution in [3.05, 3.63) is 11.3 Å². The molecule has 0 unspecified atom stereocenters. The highest BCUT2D eigenvalue weighted by Crippen LogP contribution is 2.33. The van der Waals surface area contributed by atoms with Crippen LogP contribution in [0.4, 0.5) is 0 Å². The van der Waals surface area contributed by atoms with Gasteiger partial charge in [0.2, 0.25) is 0 Å². The minimum atomic E-state index is 0.308. The van der Waals surface area contributed by atoms with Crippen LogP contribution >= 0.6 is 15.9 Å². The van der Waals surface area contributed by atoms with Crippen molar-refractivity contribution < 1.29 is 5.11 Å². The highest BCUT2D eigenvalue weighted by Gasteiger charge is 2.20. The third-order valence-corrected chi connectivity index (χ3v) is 2.53. The smallest absolute Gasteiger partial charge is 0.0951 e. The summed E-state index contributed by atoms with van der Waals surface area (Å²) in [6.07, 6.45) is 2.23. The van der Waals surface area contributed by atoms with Crippen LogP contribution in [0.15, 0.2) is 11.3 Å². The summed E-state index contributed by atoms with van der Waals surface area (Å²) >= 11 is 3.32. The molecule has 1 rings (SSSR count). The summed E-state index contributed by atoms with van der Waals surface area (Å²) in [5.41, 5.74) is 1.25. The average molecular weight is 191 g/mol. The van der Waals surface area contributed by atoms with Gasteiger partial charge in [-0.3, -0.25) is 0 Å². The van der Waals surface area contributed by atoms with Gasteiger partial charge >= 0.3 is 0 Å². The molecular weight excluding hydrogens is 180 g/mol. The number of hydrogen-bond acceptors (Lipinski definition) is 1. The summed E-state index contributed by atoms with van der Waals surface area (Å²) < 4.78 is 0. The van der Waals surface area contributed by atoms with Gasteiger partial charge in [-0.2, -0.15) is 0 Å². The van der Waals surface area contributed by atoms with E-state index in [1.807, 2.05) is 6.92 Å². The monoisotopic (exact) mass is 190 g/mol. The SMILES string of the molecule is C[C@H](CBr)C(O)=C1CC1. The molecule has 0 aromatic heterocycles. The maximum atomic E-state index is 9.31. The largest absolute Gasteiger partial charge is 0.512 e. The Labute approximate surface area is 63.9 Å². The Morgan fingerprint density at radius 3 is 2.67 bits per heavy atom. The maximum absolute atomic E-state index is 9.31. The third kappa shape index (κ3) is 1.71. The Balaban J connectivity index is 2.50. The minimum Gasteiger partial charge on any atom is -0.512 e. The zero-order valence-electron chi connectivity index (χ0n) is 5.52. The molecule has 1 nitrogen and oxygen atoms in total. The Bertz CT molecular complexity index is 134. The Morgan fingerprint density at radius 2 is 2.33 bits per heavy atom. The molecule has 0 heterocycles. The fraction of sp³-hybridized carbons (Fsp3) is 0.714. The molecule has 0 aromatic rings. The van der Waals surface area contributed by atoms with Crippen molar-refractivity contribution >= 4 is 15.9 Å². The van der Waals surface area contributed by atoms with Gasteiger partial charge in [0.05, 0.1) is 5.76 Å². The molecule has 0 aliphatic heterocycles. The van der Waals surface area contributed by atoms with Crippen molar-refractivity contribution in [2.45, 2.75) is 19.8 Å². The fourth-order valence-electron chi connectivity index (χ4n) is 0.740. The molecule has 1 aliphatic rings. The van der Waals surface area contributed by atoms with Crippen LogP contribution in [0.1, 0.15) is 19.8 Å². The number of alkyl halides is 1. The molecular formula is C7H11BrO. The molecule has 52 valence electrons. The molecule has 9 heavy (non-hydrogen) atoms. The summed E-state index contributed by atoms with van der Waals surface area (Å²) in [6.45, 7) is 2.02. The molecule has 0 bridgehead atoms. The van der Waals surface area contributed by atoms with E-state index in [4.69, 9.17) is 0 Å². The van der Waals surface area contributed by atoms with Gasteiger partial charge in [0.1, 0.15) is 0 Å². The first-order valence-corrected chi connectivity index (χ1v) is 4.34. The van der Waals surface area contributed by atoms with E-state index in [0.29, 0.717) is 11.7 Å². The van der Waals surface area contributed by atoms with Crippen molar-refractivity contribution in [1.29, 1.82) is 0 Å². The van der Waals surface area contributed by atoms with E-state index in [9.17, 15) is 5.11 Å². The van der Waals surface area contributed by atoms with Crippen molar-refractivity contribution in [2.24, 2.45) is 5.92 Å². The van der Waals surface area contributed by atoms with Crippen molar-refractivity contribution in [2.75, 3.05) is 5.33 Å². The first-order chi connectivity index (χ1) is 4.25. The Kier molecular flexibility index (Phi) is 2.17. The van der Waals surface area contributed by atoms with E-state index in [-0.39, 0.29) is 0 Å². The summed E-state index contributed by atoms with van der Waals surface area (Å²) in [5.74, 6) is 0.925. The predicted octanol–water partition coefficient (Wildman–Crippen LogP) is 2.62. The number of hydrogen-bond donors (Lipinski definition) is 1. The van der Waals surface area contributed by atoms with E-state index >= 15 is 0 Å². The van der Waals surface area contributed by atoms with Gasteiger partial charge in [0.25, 0.3) is 0 Å². The van der Waals surface area contributed by atoms with Crippen LogP contribution in [0.25, 0.3) is 0 Å². The van der Waals surface area contributed by atoms with Crippen LogP contribution in [0, 0.1) is 5.92 Å². The fourth-order valence-corrected chi connectivity index (χ4v) is 1.05. The second-order valence-electron chi connectivity index (χ2n) is 2.54. The zero-order chi connectivity index (χ0) is 6.85. The first-order valence-electron chi connectivity index (χ1n) is 3.22. The lowest BCUT2D eigenvalue weighted by atomic mass is 10.1. The van der Waals surface area contributed by atoms with Crippen molar-refractivity contribution in [1.82, 2.24) is 0 Å². The van der Waals surface area contributed by atoms with E-state index in [1.165, 1.54) is 5.57 Å². The number of aliphatic hydroxyl groups is 1. The van der Waals surface area contributed by atoms with Crippen LogP contribution in [-0.4, -0.2) is 10.4 Å². The van der Waals surface area contributed by atoms with Gasteiger partial charge in [0.15, 0.2) is 0 Å². The number of allylic oxidation sites excluding steroid dienone is 2. The van der Waals surface area contributed by atoms with E-state index in [2.05, 4.69) is 15.9 Å². The van der Waals surface area contributed by atoms with E-state index in [0.717, 1.165) is 18.2 Å². The van der Waals surface area contributed by atoms with Crippen LogP contribution in [0.5, 0.6) is 0 Å². The van der Waals surface area contributed by atoms with Gasteiger partial charge in [-0.25, -0.2) is 0 Å². The second-order valence-corrected chi connectivity index (χ2v) is 3.19. The van der Waals surface area contributed by atoms with Crippen molar-refractivity contribution in [3.63, 3.8) is 0 Å². The van der Waals surface area contributed by atoms with Crippen molar-refractivity contribution in [3.8, 4) is 0 Å². The molecule has 0 spiro atoms. The quantitative estimate of drug-likeness (QED) is 0.525. The van der Waals surface area contributed by atoms with Gasteiger partial charge in [-0.05, 0) is 18.4 Å². The molecule has 0 aromatic carbocycles. The lowest BCUT2D eigenvalue weighted by molar-refractivity contribution is 0.352. The van der Waals surface area contributed by atoms with Gasteiger partial charge in [-0.15, -0.1) is 0 Å². The second kappa shape index (κ2) is 2.74. The number of aliphatic hydroxyl groups excluding tert-OH is 1. The van der Waals surface area contributed by atoms with Gasteiger partial charge in [-0.1, -0.05) is 22.9 Å². The zero-order valence-corrected chi connectivity index (χ0v) is 7.11. The number of halogens is 1. The summed E-state index contributed by atoms with van der Waals surface area (Å²) in [7, 11) is 0. The summed E-state index contributed by atoms with van der Waals surface area (Å²) in [6, 6.07) is 0. The van der Waals surface area contributed by atoms with Crippen LogP contribution in [0.2, 0.25) is 0 Å². The van der Waals surface area contributed by atoms with Gasteiger partial charge < -0.3 is 5.11 Å². The third-order valence-electron chi connectivity index (χ3n) is 1.56. The Morgan fingerprint density at radius 1 is 1.78 bits per heavy atom. The van der Waals surface area contributed by atoms with Crippen LogP contribution in [-0.2, 0) is 0 Å². The highest BCUT2D eigenvalue weighted by molar-refractivity contribution is 9.09. The van der Waals surface area contributed by atoms with E-state index in [1.54, 1.807) is 0 Å². The molecule has 0 radical (unpaired) electrons. The molecule has 1 N–H and O–H groups in total. The standard InChI is InChI=1S/C7H11BrO/c1-5(4-8)7(9)6-2-3-6/h5,9H,2-4H2,1H3/t5-/m1/s1. The lowest BCUT2D eigenvalue weighted by Gasteiger charge is -2.04. The highest BCUT2D eigenvalue weighted by atomic mass is 79.9. The molecule has 0 amide bonds. The Hall–Kier alpha value is 0.0200. The number of rotatable bonds is 2. The average Bonchev–Trinajstić information content (AvgIpc) is 2.66. The molecule has 1 atom stereocenters. The molecule has 0 saturated heterocycles. The van der Waals surface area contributed by atoms with Crippen LogP contribution < -0.4 is 0 Å². The predicted molar refractivity (Wildman–Crippen MR) is 41.8 cm³/mol. The maximum Gasteiger partial charge on any atom is 0.0951 e. The summed E-state index contributed by atoms with van der Waals surface area (Å²) in [4.78, 5) is 0.